The van der Waals surface area contributed by atoms with E-state index in [0.717, 1.165) is 43.5 Å². The van der Waals surface area contributed by atoms with E-state index in [2.05, 4.69) is 5.32 Å². The summed E-state index contributed by atoms with van der Waals surface area (Å²) >= 11 is 0. The first-order valence-corrected chi connectivity index (χ1v) is 12.5. The average molecular weight is 462 g/mol. The zero-order valence-electron chi connectivity index (χ0n) is 20.3. The van der Waals surface area contributed by atoms with E-state index in [1.807, 2.05) is 66.1 Å². The Morgan fingerprint density at radius 3 is 2.24 bits per heavy atom. The number of piperidine rings is 2. The Kier molecular flexibility index (Phi) is 7.66. The zero-order valence-corrected chi connectivity index (χ0v) is 20.3. The minimum Gasteiger partial charge on any atom is -0.341 e. The fraction of sp³-hybridized carbons (Fsp3) is 0.464. The van der Waals surface area contributed by atoms with Crippen molar-refractivity contribution in [2.75, 3.05) is 26.2 Å². The van der Waals surface area contributed by atoms with E-state index >= 15 is 0 Å². The van der Waals surface area contributed by atoms with Crippen LogP contribution in [0.25, 0.3) is 0 Å². The number of aryl methyl sites for hydroxylation is 2. The number of carbonyl (C=O) groups excluding carboxylic acids is 3. The van der Waals surface area contributed by atoms with Crippen molar-refractivity contribution < 1.29 is 14.4 Å². The lowest BCUT2D eigenvalue weighted by Crippen LogP contribution is -2.55. The van der Waals surface area contributed by atoms with Crippen LogP contribution in [0.15, 0.2) is 48.5 Å². The molecule has 34 heavy (non-hydrogen) atoms. The summed E-state index contributed by atoms with van der Waals surface area (Å²) in [6.45, 7) is 6.56. The maximum atomic E-state index is 13.6. The first-order chi connectivity index (χ1) is 16.4. The number of carbonyl (C=O) groups is 3. The third kappa shape index (κ3) is 5.49. The lowest BCUT2D eigenvalue weighted by atomic mass is 9.87. The van der Waals surface area contributed by atoms with Gasteiger partial charge in [0.25, 0.3) is 11.8 Å². The van der Waals surface area contributed by atoms with Gasteiger partial charge in [0.05, 0.1) is 0 Å². The highest BCUT2D eigenvalue weighted by molar-refractivity contribution is 5.99. The van der Waals surface area contributed by atoms with Crippen molar-refractivity contribution in [3.63, 3.8) is 0 Å². The summed E-state index contributed by atoms with van der Waals surface area (Å²) in [4.78, 5) is 43.5. The van der Waals surface area contributed by atoms with Crippen molar-refractivity contribution in [1.29, 1.82) is 0 Å². The zero-order chi connectivity index (χ0) is 24.1. The molecule has 6 nitrogen and oxygen atoms in total. The van der Waals surface area contributed by atoms with Crippen molar-refractivity contribution >= 4 is 17.7 Å². The standard InChI is InChI=1S/C28H35N3O3/c1-20-9-8-11-23(19-20)27(33)31-17-13-22(14-18-31)25(28(34)30-15-6-3-7-16-30)29-26(32)24-12-5-4-10-21(24)2/h4-5,8-12,19,22,25H,3,6-7,13-18H2,1-2H3,(H,29,32)/t25-/m1/s1. The van der Waals surface area contributed by atoms with Gasteiger partial charge in [-0.1, -0.05) is 35.9 Å². The molecule has 2 aromatic rings. The van der Waals surface area contributed by atoms with Gasteiger partial charge in [0.15, 0.2) is 0 Å². The van der Waals surface area contributed by atoms with Gasteiger partial charge >= 0.3 is 0 Å². The number of amides is 3. The molecule has 0 aromatic heterocycles. The Bertz CT molecular complexity index is 1040. The highest BCUT2D eigenvalue weighted by Crippen LogP contribution is 2.25. The van der Waals surface area contributed by atoms with Crippen LogP contribution in [0.4, 0.5) is 0 Å². The van der Waals surface area contributed by atoms with Crippen molar-refractivity contribution in [3.8, 4) is 0 Å². The first kappa shape index (κ1) is 24.0. The molecule has 180 valence electrons. The molecule has 2 aromatic carbocycles. The van der Waals surface area contributed by atoms with Crippen LogP contribution >= 0.6 is 0 Å². The van der Waals surface area contributed by atoms with Crippen LogP contribution in [-0.2, 0) is 4.79 Å². The Balaban J connectivity index is 1.47. The van der Waals surface area contributed by atoms with Crippen LogP contribution in [0.2, 0.25) is 0 Å². The van der Waals surface area contributed by atoms with Gasteiger partial charge in [-0.05, 0) is 75.6 Å². The molecular formula is C28H35N3O3. The van der Waals surface area contributed by atoms with Crippen LogP contribution in [0, 0.1) is 19.8 Å². The quantitative estimate of drug-likeness (QED) is 0.733. The third-order valence-electron chi connectivity index (χ3n) is 7.17. The minimum atomic E-state index is -0.568. The fourth-order valence-electron chi connectivity index (χ4n) is 5.14. The van der Waals surface area contributed by atoms with Crippen molar-refractivity contribution in [2.45, 2.75) is 52.0 Å². The molecule has 2 heterocycles. The number of hydrogen-bond acceptors (Lipinski definition) is 3. The van der Waals surface area contributed by atoms with E-state index in [1.165, 1.54) is 0 Å². The Hall–Kier alpha value is -3.15. The predicted molar refractivity (Wildman–Crippen MR) is 133 cm³/mol. The molecule has 2 fully saturated rings. The fourth-order valence-corrected chi connectivity index (χ4v) is 5.14. The third-order valence-corrected chi connectivity index (χ3v) is 7.17. The summed E-state index contributed by atoms with van der Waals surface area (Å²) in [6, 6.07) is 14.6. The van der Waals surface area contributed by atoms with Crippen LogP contribution in [0.3, 0.4) is 0 Å². The predicted octanol–water partition coefficient (Wildman–Crippen LogP) is 3.97. The summed E-state index contributed by atoms with van der Waals surface area (Å²) in [6.07, 6.45) is 4.54. The summed E-state index contributed by atoms with van der Waals surface area (Å²) in [7, 11) is 0. The topological polar surface area (TPSA) is 69.7 Å². The summed E-state index contributed by atoms with van der Waals surface area (Å²) in [5.74, 6) is -0.147. The Labute approximate surface area is 202 Å². The Morgan fingerprint density at radius 1 is 0.853 bits per heavy atom. The number of rotatable bonds is 5. The van der Waals surface area contributed by atoms with Crippen molar-refractivity contribution in [2.24, 2.45) is 5.92 Å². The average Bonchev–Trinajstić information content (AvgIpc) is 2.87. The van der Waals surface area contributed by atoms with Gasteiger partial charge in [-0.2, -0.15) is 0 Å². The van der Waals surface area contributed by atoms with E-state index in [-0.39, 0.29) is 23.6 Å². The SMILES string of the molecule is Cc1cccc(C(=O)N2CCC([C@@H](NC(=O)c3ccccc3C)C(=O)N3CCCCC3)CC2)c1. The summed E-state index contributed by atoms with van der Waals surface area (Å²) in [5.41, 5.74) is 3.26. The number of benzene rings is 2. The molecule has 0 spiro atoms. The summed E-state index contributed by atoms with van der Waals surface area (Å²) in [5, 5.41) is 3.09. The second kappa shape index (κ2) is 10.9. The lowest BCUT2D eigenvalue weighted by molar-refractivity contribution is -0.136. The van der Waals surface area contributed by atoms with Crippen molar-refractivity contribution in [3.05, 3.63) is 70.8 Å². The second-order valence-corrected chi connectivity index (χ2v) is 9.65. The van der Waals surface area contributed by atoms with E-state index in [4.69, 9.17) is 0 Å². The van der Waals surface area contributed by atoms with Crippen LogP contribution in [-0.4, -0.2) is 59.7 Å². The number of nitrogens with one attached hydrogen (secondary N) is 1. The first-order valence-electron chi connectivity index (χ1n) is 12.5. The van der Waals surface area contributed by atoms with Gasteiger partial charge in [-0.3, -0.25) is 14.4 Å². The molecule has 0 saturated carbocycles. The molecule has 0 aliphatic carbocycles. The van der Waals surface area contributed by atoms with Crippen LogP contribution in [0.5, 0.6) is 0 Å². The van der Waals surface area contributed by atoms with Gasteiger partial charge in [-0.25, -0.2) is 0 Å². The maximum Gasteiger partial charge on any atom is 0.253 e. The molecule has 4 rings (SSSR count). The van der Waals surface area contributed by atoms with Gasteiger partial charge in [-0.15, -0.1) is 0 Å². The number of likely N-dealkylation sites (tertiary alicyclic amines) is 2. The van der Waals surface area contributed by atoms with E-state index in [0.29, 0.717) is 37.1 Å². The normalized spacial score (nSPS) is 17.8. The molecule has 3 amide bonds. The van der Waals surface area contributed by atoms with E-state index in [1.54, 1.807) is 6.07 Å². The van der Waals surface area contributed by atoms with Crippen LogP contribution < -0.4 is 5.32 Å². The molecule has 1 atom stereocenters. The molecule has 1 N–H and O–H groups in total. The molecule has 2 saturated heterocycles. The molecular weight excluding hydrogens is 426 g/mol. The smallest absolute Gasteiger partial charge is 0.253 e. The lowest BCUT2D eigenvalue weighted by Gasteiger charge is -2.38. The maximum absolute atomic E-state index is 13.6. The molecule has 0 radical (unpaired) electrons. The number of nitrogens with zero attached hydrogens (tertiary/aromatic N) is 2. The molecule has 0 bridgehead atoms. The molecule has 2 aliphatic rings. The molecule has 2 aliphatic heterocycles. The summed E-state index contributed by atoms with van der Waals surface area (Å²) < 4.78 is 0. The minimum absolute atomic E-state index is 0.00366. The van der Waals surface area contributed by atoms with Gasteiger partial charge in [0.1, 0.15) is 6.04 Å². The number of hydrogen-bond donors (Lipinski definition) is 1. The van der Waals surface area contributed by atoms with E-state index < -0.39 is 6.04 Å². The van der Waals surface area contributed by atoms with Crippen LogP contribution in [0.1, 0.15) is 63.9 Å². The molecule has 6 heteroatoms. The largest absolute Gasteiger partial charge is 0.341 e. The van der Waals surface area contributed by atoms with Gasteiger partial charge in [0, 0.05) is 37.3 Å². The van der Waals surface area contributed by atoms with Gasteiger partial charge in [0.2, 0.25) is 5.91 Å². The highest BCUT2D eigenvalue weighted by Gasteiger charge is 2.36. The van der Waals surface area contributed by atoms with E-state index in [9.17, 15) is 14.4 Å². The van der Waals surface area contributed by atoms with Gasteiger partial charge < -0.3 is 15.1 Å². The second-order valence-electron chi connectivity index (χ2n) is 9.65. The molecule has 0 unspecified atom stereocenters. The van der Waals surface area contributed by atoms with Crippen molar-refractivity contribution in [1.82, 2.24) is 15.1 Å². The Morgan fingerprint density at radius 2 is 1.56 bits per heavy atom. The highest BCUT2D eigenvalue weighted by atomic mass is 16.2. The monoisotopic (exact) mass is 461 g/mol.